The highest BCUT2D eigenvalue weighted by atomic mass is 79.9. The zero-order valence-electron chi connectivity index (χ0n) is 7.49. The molecule has 1 unspecified atom stereocenters. The van der Waals surface area contributed by atoms with Crippen LogP contribution in [-0.2, 0) is 0 Å². The van der Waals surface area contributed by atoms with Gasteiger partial charge in [0.1, 0.15) is 5.82 Å². The van der Waals surface area contributed by atoms with E-state index in [1.165, 1.54) is 12.8 Å². The number of halogens is 1. The van der Waals surface area contributed by atoms with Crippen molar-refractivity contribution in [1.29, 1.82) is 0 Å². The molecule has 1 fully saturated rings. The quantitative estimate of drug-likeness (QED) is 0.702. The van der Waals surface area contributed by atoms with Gasteiger partial charge in [0.05, 0.1) is 0 Å². The Morgan fingerprint density at radius 3 is 3.08 bits per heavy atom. The monoisotopic (exact) mass is 240 g/mol. The van der Waals surface area contributed by atoms with Crippen molar-refractivity contribution < 1.29 is 0 Å². The summed E-state index contributed by atoms with van der Waals surface area (Å²) >= 11 is 3.66. The van der Waals surface area contributed by atoms with Crippen molar-refractivity contribution in [3.05, 3.63) is 24.4 Å². The van der Waals surface area contributed by atoms with Crippen LogP contribution in [0.25, 0.3) is 0 Å². The van der Waals surface area contributed by atoms with Gasteiger partial charge in [-0.1, -0.05) is 22.0 Å². The van der Waals surface area contributed by atoms with E-state index in [4.69, 9.17) is 0 Å². The number of hydrogen-bond donors (Lipinski definition) is 0. The summed E-state index contributed by atoms with van der Waals surface area (Å²) < 4.78 is 0. The average Bonchev–Trinajstić information content (AvgIpc) is 2.19. The van der Waals surface area contributed by atoms with Gasteiger partial charge in [-0.3, -0.25) is 0 Å². The molecule has 2 nitrogen and oxygen atoms in total. The van der Waals surface area contributed by atoms with Crippen LogP contribution in [0.5, 0.6) is 0 Å². The summed E-state index contributed by atoms with van der Waals surface area (Å²) in [6.07, 6.45) is 4.39. The standard InChI is InChI=1S/C10H13BrN2/c11-9-4-3-7-13(8-9)10-5-1-2-6-12-10/h1-2,5-6,9H,3-4,7-8H2. The van der Waals surface area contributed by atoms with Gasteiger partial charge in [0, 0.05) is 24.1 Å². The number of aromatic nitrogens is 1. The van der Waals surface area contributed by atoms with E-state index in [1.807, 2.05) is 18.3 Å². The number of nitrogens with zero attached hydrogens (tertiary/aromatic N) is 2. The van der Waals surface area contributed by atoms with Gasteiger partial charge in [0.15, 0.2) is 0 Å². The third-order valence-corrected chi connectivity index (χ3v) is 3.08. The molecule has 0 radical (unpaired) electrons. The Morgan fingerprint density at radius 1 is 1.46 bits per heavy atom. The van der Waals surface area contributed by atoms with E-state index in [-0.39, 0.29) is 0 Å². The lowest BCUT2D eigenvalue weighted by molar-refractivity contribution is 0.591. The molecule has 0 aliphatic carbocycles. The summed E-state index contributed by atoms with van der Waals surface area (Å²) in [4.78, 5) is 7.31. The fourth-order valence-electron chi connectivity index (χ4n) is 1.67. The minimum Gasteiger partial charge on any atom is -0.356 e. The van der Waals surface area contributed by atoms with Gasteiger partial charge >= 0.3 is 0 Å². The number of pyridine rings is 1. The lowest BCUT2D eigenvalue weighted by Crippen LogP contribution is -2.36. The molecule has 1 aromatic heterocycles. The Kier molecular flexibility index (Phi) is 2.83. The summed E-state index contributed by atoms with van der Waals surface area (Å²) in [5.74, 6) is 1.10. The molecule has 0 spiro atoms. The first-order valence-corrected chi connectivity index (χ1v) is 5.58. The molecule has 0 bridgehead atoms. The normalized spacial score (nSPS) is 23.2. The van der Waals surface area contributed by atoms with Gasteiger partial charge in [0.2, 0.25) is 0 Å². The highest BCUT2D eigenvalue weighted by Crippen LogP contribution is 2.20. The maximum absolute atomic E-state index is 4.34. The van der Waals surface area contributed by atoms with Crippen molar-refractivity contribution in [3.63, 3.8) is 0 Å². The zero-order chi connectivity index (χ0) is 9.10. The summed E-state index contributed by atoms with van der Waals surface area (Å²) in [6.45, 7) is 2.22. The smallest absolute Gasteiger partial charge is 0.128 e. The van der Waals surface area contributed by atoms with E-state index < -0.39 is 0 Å². The van der Waals surface area contributed by atoms with Gasteiger partial charge in [-0.15, -0.1) is 0 Å². The lowest BCUT2D eigenvalue weighted by atomic mass is 10.1. The van der Waals surface area contributed by atoms with E-state index >= 15 is 0 Å². The third kappa shape index (κ3) is 2.21. The molecule has 0 N–H and O–H groups in total. The van der Waals surface area contributed by atoms with Gasteiger partial charge in [-0.25, -0.2) is 4.98 Å². The summed E-state index contributed by atoms with van der Waals surface area (Å²) in [5.41, 5.74) is 0. The summed E-state index contributed by atoms with van der Waals surface area (Å²) in [7, 11) is 0. The lowest BCUT2D eigenvalue weighted by Gasteiger charge is -2.30. The first-order chi connectivity index (χ1) is 6.36. The first kappa shape index (κ1) is 9.00. The van der Waals surface area contributed by atoms with E-state index in [0.29, 0.717) is 4.83 Å². The molecule has 0 amide bonds. The Balaban J connectivity index is 2.08. The Bertz CT molecular complexity index is 263. The Labute approximate surface area is 87.1 Å². The van der Waals surface area contributed by atoms with Crippen molar-refractivity contribution in [2.75, 3.05) is 18.0 Å². The minimum atomic E-state index is 0.628. The first-order valence-electron chi connectivity index (χ1n) is 4.66. The maximum atomic E-state index is 4.34. The largest absolute Gasteiger partial charge is 0.356 e. The van der Waals surface area contributed by atoms with Crippen LogP contribution in [0, 0.1) is 0 Å². The van der Waals surface area contributed by atoms with E-state index in [9.17, 15) is 0 Å². The predicted molar refractivity (Wildman–Crippen MR) is 58.4 cm³/mol. The van der Waals surface area contributed by atoms with Crippen LogP contribution in [-0.4, -0.2) is 22.9 Å². The Hall–Kier alpha value is -0.570. The molecule has 2 heterocycles. The molecule has 70 valence electrons. The highest BCUT2D eigenvalue weighted by Gasteiger charge is 2.17. The van der Waals surface area contributed by atoms with Gasteiger partial charge in [-0.05, 0) is 25.0 Å². The van der Waals surface area contributed by atoms with E-state index in [0.717, 1.165) is 18.9 Å². The van der Waals surface area contributed by atoms with Crippen molar-refractivity contribution >= 4 is 21.7 Å². The van der Waals surface area contributed by atoms with Crippen molar-refractivity contribution in [2.24, 2.45) is 0 Å². The molecule has 1 aliphatic rings. The number of piperidine rings is 1. The minimum absolute atomic E-state index is 0.628. The summed E-state index contributed by atoms with van der Waals surface area (Å²) in [6, 6.07) is 6.07. The fraction of sp³-hybridized carbons (Fsp3) is 0.500. The topological polar surface area (TPSA) is 16.1 Å². The van der Waals surface area contributed by atoms with Crippen LogP contribution in [0.15, 0.2) is 24.4 Å². The fourth-order valence-corrected chi connectivity index (χ4v) is 2.35. The molecule has 0 saturated carbocycles. The summed E-state index contributed by atoms with van der Waals surface area (Å²) in [5, 5.41) is 0. The van der Waals surface area contributed by atoms with Crippen LogP contribution >= 0.6 is 15.9 Å². The number of alkyl halides is 1. The van der Waals surface area contributed by atoms with Gasteiger partial charge in [-0.2, -0.15) is 0 Å². The second-order valence-electron chi connectivity index (χ2n) is 3.37. The van der Waals surface area contributed by atoms with Crippen molar-refractivity contribution in [2.45, 2.75) is 17.7 Å². The second-order valence-corrected chi connectivity index (χ2v) is 4.67. The molecule has 1 aromatic rings. The van der Waals surface area contributed by atoms with Crippen molar-refractivity contribution in [1.82, 2.24) is 4.98 Å². The SMILES string of the molecule is BrC1CCCN(c2ccccn2)C1. The van der Waals surface area contributed by atoms with Gasteiger partial charge < -0.3 is 4.90 Å². The molecule has 3 heteroatoms. The van der Waals surface area contributed by atoms with Crippen LogP contribution in [0.2, 0.25) is 0 Å². The Morgan fingerprint density at radius 2 is 2.38 bits per heavy atom. The van der Waals surface area contributed by atoms with Crippen LogP contribution in [0.1, 0.15) is 12.8 Å². The van der Waals surface area contributed by atoms with Crippen molar-refractivity contribution in [3.8, 4) is 0 Å². The molecule has 2 rings (SSSR count). The molecule has 1 atom stereocenters. The second kappa shape index (κ2) is 4.09. The predicted octanol–water partition coefficient (Wildman–Crippen LogP) is 2.45. The van der Waals surface area contributed by atoms with Gasteiger partial charge in [0.25, 0.3) is 0 Å². The number of anilines is 1. The molecular formula is C10H13BrN2. The van der Waals surface area contributed by atoms with Crippen LogP contribution in [0.3, 0.4) is 0 Å². The van der Waals surface area contributed by atoms with Crippen LogP contribution < -0.4 is 4.90 Å². The number of hydrogen-bond acceptors (Lipinski definition) is 2. The number of rotatable bonds is 1. The average molecular weight is 241 g/mol. The van der Waals surface area contributed by atoms with E-state index in [1.54, 1.807) is 0 Å². The molecule has 1 aliphatic heterocycles. The van der Waals surface area contributed by atoms with Crippen LogP contribution in [0.4, 0.5) is 5.82 Å². The third-order valence-electron chi connectivity index (χ3n) is 2.34. The molecule has 13 heavy (non-hydrogen) atoms. The molecular weight excluding hydrogens is 228 g/mol. The maximum Gasteiger partial charge on any atom is 0.128 e. The zero-order valence-corrected chi connectivity index (χ0v) is 9.07. The highest BCUT2D eigenvalue weighted by molar-refractivity contribution is 9.09. The molecule has 0 aromatic carbocycles. The molecule has 1 saturated heterocycles. The van der Waals surface area contributed by atoms with E-state index in [2.05, 4.69) is 31.9 Å².